The molecule has 1 unspecified atom stereocenters. The summed E-state index contributed by atoms with van der Waals surface area (Å²) in [6.07, 6.45) is 9.52. The minimum Gasteiger partial charge on any atom is -1.00 e. The summed E-state index contributed by atoms with van der Waals surface area (Å²) in [7, 11) is 0. The Morgan fingerprint density at radius 2 is 1.94 bits per heavy atom. The van der Waals surface area contributed by atoms with Crippen molar-refractivity contribution in [3.8, 4) is 0 Å². The fourth-order valence-electron chi connectivity index (χ4n) is 3.11. The summed E-state index contributed by atoms with van der Waals surface area (Å²) in [5, 5.41) is 0. The molecule has 0 aliphatic carbocycles. The first-order valence-electron chi connectivity index (χ1n) is 6.77. The number of unbranched alkanes of at least 4 members (excludes halogenated alkanes) is 1. The number of hydrogen-bond acceptors (Lipinski definition) is 1. The van der Waals surface area contributed by atoms with Crippen LogP contribution < -0.4 is 12.4 Å². The largest absolute Gasteiger partial charge is 1.00 e. The minimum atomic E-state index is 0. The number of nitrogens with zero attached hydrogens (tertiary/aromatic N) is 2. The number of aliphatic imine (C=N–C) groups is 1. The fraction of sp³-hybridized carbons (Fsp3) is 0.923. The van der Waals surface area contributed by atoms with Gasteiger partial charge in [-0.05, 0) is 25.7 Å². The molecule has 1 atom stereocenters. The van der Waals surface area contributed by atoms with E-state index < -0.39 is 0 Å². The van der Waals surface area contributed by atoms with Gasteiger partial charge in [0.15, 0.2) is 5.84 Å². The van der Waals surface area contributed by atoms with Crippen LogP contribution in [-0.2, 0) is 0 Å². The lowest BCUT2D eigenvalue weighted by molar-refractivity contribution is -0.845. The number of halogens is 1. The normalized spacial score (nSPS) is 29.7. The van der Waals surface area contributed by atoms with Gasteiger partial charge in [-0.2, -0.15) is 0 Å². The maximum absolute atomic E-state index is 4.83. The molecule has 3 heteroatoms. The van der Waals surface area contributed by atoms with E-state index in [1.807, 2.05) is 0 Å². The van der Waals surface area contributed by atoms with Crippen molar-refractivity contribution in [1.29, 1.82) is 0 Å². The van der Waals surface area contributed by atoms with Gasteiger partial charge in [-0.15, -0.1) is 0 Å². The summed E-state index contributed by atoms with van der Waals surface area (Å²) >= 11 is 0. The van der Waals surface area contributed by atoms with Crippen molar-refractivity contribution in [3.05, 3.63) is 0 Å². The summed E-state index contributed by atoms with van der Waals surface area (Å²) in [5.74, 6) is 1.55. The maximum atomic E-state index is 4.83. The highest BCUT2D eigenvalue weighted by atomic mass is 35.5. The predicted molar refractivity (Wildman–Crippen MR) is 65.2 cm³/mol. The van der Waals surface area contributed by atoms with Gasteiger partial charge < -0.3 is 12.4 Å². The molecule has 2 nitrogen and oxygen atoms in total. The molecular weight excluding hydrogens is 220 g/mol. The number of hydrogen-bond donors (Lipinski definition) is 0. The molecule has 0 aromatic rings. The van der Waals surface area contributed by atoms with Gasteiger partial charge >= 0.3 is 0 Å². The summed E-state index contributed by atoms with van der Waals surface area (Å²) in [4.78, 5) is 4.83. The maximum Gasteiger partial charge on any atom is 0.198 e. The second-order valence-electron chi connectivity index (χ2n) is 5.13. The second-order valence-corrected chi connectivity index (χ2v) is 5.13. The summed E-state index contributed by atoms with van der Waals surface area (Å²) < 4.78 is 1.27. The number of fused-ring (bicyclic) bond motifs is 1. The smallest absolute Gasteiger partial charge is 0.198 e. The highest BCUT2D eigenvalue weighted by molar-refractivity contribution is 5.76. The predicted octanol–water partition coefficient (Wildman–Crippen LogP) is -0.0165. The van der Waals surface area contributed by atoms with E-state index >= 15 is 0 Å². The van der Waals surface area contributed by atoms with E-state index in [0.717, 1.165) is 6.54 Å². The van der Waals surface area contributed by atoms with Crippen molar-refractivity contribution in [3.63, 3.8) is 0 Å². The van der Waals surface area contributed by atoms with Crippen LogP contribution >= 0.6 is 0 Å². The molecule has 2 aliphatic rings. The van der Waals surface area contributed by atoms with E-state index in [1.165, 1.54) is 69.1 Å². The Kier molecular flexibility index (Phi) is 5.77. The second kappa shape index (κ2) is 6.61. The van der Waals surface area contributed by atoms with Crippen LogP contribution in [0.5, 0.6) is 0 Å². The van der Waals surface area contributed by atoms with Crippen molar-refractivity contribution in [2.75, 3.05) is 26.2 Å². The molecule has 0 saturated carbocycles. The zero-order valence-electron chi connectivity index (χ0n) is 10.6. The highest BCUT2D eigenvalue weighted by Gasteiger charge is 2.36. The Hall–Kier alpha value is -0.0800. The fourth-order valence-corrected chi connectivity index (χ4v) is 3.11. The van der Waals surface area contributed by atoms with Crippen LogP contribution in [0.4, 0.5) is 0 Å². The Labute approximate surface area is 106 Å². The lowest BCUT2D eigenvalue weighted by atomic mass is 10.1. The molecule has 0 N–H and O–H groups in total. The molecule has 1 saturated heterocycles. The van der Waals surface area contributed by atoms with E-state index in [-0.39, 0.29) is 12.4 Å². The van der Waals surface area contributed by atoms with Crippen LogP contribution in [0.15, 0.2) is 4.99 Å². The molecule has 94 valence electrons. The third kappa shape index (κ3) is 2.98. The van der Waals surface area contributed by atoms with Gasteiger partial charge in [0.25, 0.3) is 0 Å². The molecule has 0 spiro atoms. The molecule has 2 aliphatic heterocycles. The first-order chi connectivity index (χ1) is 7.37. The van der Waals surface area contributed by atoms with Crippen LogP contribution in [0, 0.1) is 0 Å². The monoisotopic (exact) mass is 244 g/mol. The van der Waals surface area contributed by atoms with Crippen LogP contribution in [-0.4, -0.2) is 36.5 Å². The Balaban J connectivity index is 0.00000128. The lowest BCUT2D eigenvalue weighted by Crippen LogP contribution is -3.00. The molecule has 16 heavy (non-hydrogen) atoms. The summed E-state index contributed by atoms with van der Waals surface area (Å²) in [6.45, 7) is 7.51. The van der Waals surface area contributed by atoms with Crippen molar-refractivity contribution in [2.24, 2.45) is 4.99 Å². The lowest BCUT2D eigenvalue weighted by Gasteiger charge is -2.40. The van der Waals surface area contributed by atoms with E-state index in [1.54, 1.807) is 5.84 Å². The molecule has 0 radical (unpaired) electrons. The van der Waals surface area contributed by atoms with Gasteiger partial charge in [-0.1, -0.05) is 13.3 Å². The highest BCUT2D eigenvalue weighted by Crippen LogP contribution is 2.25. The van der Waals surface area contributed by atoms with Crippen molar-refractivity contribution in [1.82, 2.24) is 0 Å². The quantitative estimate of drug-likeness (QED) is 0.619. The summed E-state index contributed by atoms with van der Waals surface area (Å²) in [5.41, 5.74) is 0. The van der Waals surface area contributed by atoms with Gasteiger partial charge in [-0.25, -0.2) is 4.99 Å². The zero-order chi connectivity index (χ0) is 10.6. The molecular formula is C13H25ClN2. The number of amidine groups is 1. The Bertz CT molecular complexity index is 240. The third-order valence-electron chi connectivity index (χ3n) is 4.01. The third-order valence-corrected chi connectivity index (χ3v) is 4.01. The van der Waals surface area contributed by atoms with E-state index in [4.69, 9.17) is 4.99 Å². The molecule has 0 aromatic heterocycles. The first kappa shape index (κ1) is 14.0. The number of rotatable bonds is 3. The van der Waals surface area contributed by atoms with E-state index in [9.17, 15) is 0 Å². The van der Waals surface area contributed by atoms with Crippen molar-refractivity contribution >= 4 is 5.84 Å². The summed E-state index contributed by atoms with van der Waals surface area (Å²) in [6, 6.07) is 0. The molecule has 2 heterocycles. The van der Waals surface area contributed by atoms with Crippen LogP contribution in [0.1, 0.15) is 51.9 Å². The van der Waals surface area contributed by atoms with E-state index in [0.29, 0.717) is 0 Å². The Morgan fingerprint density at radius 3 is 2.75 bits per heavy atom. The SMILES string of the molecule is CCCC[N+]12CCCCCC1=NCCC2.[Cl-]. The molecule has 1 fully saturated rings. The average molecular weight is 245 g/mol. The zero-order valence-corrected chi connectivity index (χ0v) is 11.3. The van der Waals surface area contributed by atoms with Gasteiger partial charge in [0.05, 0.1) is 19.6 Å². The van der Waals surface area contributed by atoms with Crippen molar-refractivity contribution in [2.45, 2.75) is 51.9 Å². The molecule has 2 rings (SSSR count). The molecule has 0 amide bonds. The van der Waals surface area contributed by atoms with Crippen LogP contribution in [0.3, 0.4) is 0 Å². The van der Waals surface area contributed by atoms with Gasteiger partial charge in [0, 0.05) is 19.4 Å². The molecule has 0 aromatic carbocycles. The topological polar surface area (TPSA) is 12.4 Å². The van der Waals surface area contributed by atoms with Gasteiger partial charge in [0.1, 0.15) is 0 Å². The average Bonchev–Trinajstić information content (AvgIpc) is 2.49. The van der Waals surface area contributed by atoms with Gasteiger partial charge in [0.2, 0.25) is 0 Å². The van der Waals surface area contributed by atoms with Crippen LogP contribution in [0.25, 0.3) is 0 Å². The molecule has 0 bridgehead atoms. The van der Waals surface area contributed by atoms with Gasteiger partial charge in [-0.3, -0.25) is 4.48 Å². The standard InChI is InChI=1S/C13H25N2.ClH/c1-2-3-10-15-11-6-4-5-8-13(15)14-9-7-12-15;/h2-12H2,1H3;1H/q+1;/p-1. The first-order valence-corrected chi connectivity index (χ1v) is 6.77. The number of quaternary nitrogens is 1. The van der Waals surface area contributed by atoms with Crippen molar-refractivity contribution < 1.29 is 16.9 Å². The minimum absolute atomic E-state index is 0. The van der Waals surface area contributed by atoms with Crippen LogP contribution in [0.2, 0.25) is 0 Å². The van der Waals surface area contributed by atoms with E-state index in [2.05, 4.69) is 6.92 Å². The Morgan fingerprint density at radius 1 is 1.12 bits per heavy atom.